The Morgan fingerprint density at radius 2 is 2.35 bits per heavy atom. The number of aromatic nitrogens is 3. The fourth-order valence-corrected chi connectivity index (χ4v) is 1.79. The Labute approximate surface area is 111 Å². The van der Waals surface area contributed by atoms with E-state index in [0.717, 1.165) is 5.56 Å². The summed E-state index contributed by atoms with van der Waals surface area (Å²) in [6, 6.07) is 3.64. The highest BCUT2D eigenvalue weighted by molar-refractivity contribution is 14.1. The number of nitrogens with zero attached hydrogens (tertiary/aromatic N) is 2. The van der Waals surface area contributed by atoms with Crippen LogP contribution in [0.2, 0.25) is 0 Å². The van der Waals surface area contributed by atoms with Crippen molar-refractivity contribution in [1.82, 2.24) is 15.0 Å². The van der Waals surface area contributed by atoms with Gasteiger partial charge in [0.15, 0.2) is 0 Å². The minimum atomic E-state index is -0.161. The molecular weight excluding hydrogens is 333 g/mol. The van der Waals surface area contributed by atoms with Crippen LogP contribution >= 0.6 is 22.6 Å². The summed E-state index contributed by atoms with van der Waals surface area (Å²) in [5.74, 6) is 0.510. The predicted octanol–water partition coefficient (Wildman–Crippen LogP) is 1.58. The van der Waals surface area contributed by atoms with E-state index in [1.54, 1.807) is 25.6 Å². The van der Waals surface area contributed by atoms with Crippen LogP contribution in [-0.4, -0.2) is 22.1 Å². The van der Waals surface area contributed by atoms with Gasteiger partial charge in [0, 0.05) is 25.1 Å². The summed E-state index contributed by atoms with van der Waals surface area (Å²) in [7, 11) is 1.57. The van der Waals surface area contributed by atoms with Gasteiger partial charge in [0.1, 0.15) is 9.39 Å². The van der Waals surface area contributed by atoms with Gasteiger partial charge >= 0.3 is 0 Å². The van der Waals surface area contributed by atoms with Gasteiger partial charge in [-0.05, 0) is 34.7 Å². The number of methoxy groups -OCH3 is 1. The van der Waals surface area contributed by atoms with Crippen molar-refractivity contribution >= 4 is 22.6 Å². The summed E-state index contributed by atoms with van der Waals surface area (Å²) < 4.78 is 5.57. The van der Waals surface area contributed by atoms with Crippen LogP contribution in [0.5, 0.6) is 0 Å². The van der Waals surface area contributed by atoms with Gasteiger partial charge in [-0.25, -0.2) is 4.98 Å². The van der Waals surface area contributed by atoms with Crippen LogP contribution in [-0.2, 0) is 11.3 Å². The van der Waals surface area contributed by atoms with Crippen LogP contribution in [0.4, 0.5) is 0 Å². The van der Waals surface area contributed by atoms with Crippen molar-refractivity contribution in [2.75, 3.05) is 7.11 Å². The van der Waals surface area contributed by atoms with Gasteiger partial charge in [-0.2, -0.15) is 0 Å². The minimum absolute atomic E-state index is 0.161. The first-order valence-electron chi connectivity index (χ1n) is 4.90. The van der Waals surface area contributed by atoms with E-state index in [1.165, 1.54) is 0 Å². The molecule has 88 valence electrons. The first-order chi connectivity index (χ1) is 8.22. The molecular formula is C11H10IN3O2. The molecule has 0 radical (unpaired) electrons. The Morgan fingerprint density at radius 3 is 3.00 bits per heavy atom. The first-order valence-corrected chi connectivity index (χ1v) is 5.98. The molecule has 0 fully saturated rings. The van der Waals surface area contributed by atoms with E-state index in [9.17, 15) is 4.79 Å². The van der Waals surface area contributed by atoms with Gasteiger partial charge in [-0.15, -0.1) is 0 Å². The number of aromatic amines is 1. The SMILES string of the molecule is COCc1nc(-c2cccnc2)[nH]c(=O)c1I. The van der Waals surface area contributed by atoms with Crippen molar-refractivity contribution in [1.29, 1.82) is 0 Å². The van der Waals surface area contributed by atoms with Gasteiger partial charge in [-0.1, -0.05) is 0 Å². The van der Waals surface area contributed by atoms with E-state index in [0.29, 0.717) is 21.7 Å². The zero-order valence-corrected chi connectivity index (χ0v) is 11.3. The van der Waals surface area contributed by atoms with Crippen LogP contribution < -0.4 is 5.56 Å². The van der Waals surface area contributed by atoms with Crippen LogP contribution in [0.1, 0.15) is 5.69 Å². The zero-order valence-electron chi connectivity index (χ0n) is 9.11. The van der Waals surface area contributed by atoms with E-state index < -0.39 is 0 Å². The zero-order chi connectivity index (χ0) is 12.3. The molecule has 0 saturated heterocycles. The average molecular weight is 343 g/mol. The molecule has 0 aromatic carbocycles. The molecule has 0 bridgehead atoms. The summed E-state index contributed by atoms with van der Waals surface area (Å²) >= 11 is 1.96. The highest BCUT2D eigenvalue weighted by Crippen LogP contribution is 2.14. The molecule has 1 N–H and O–H groups in total. The second-order valence-electron chi connectivity index (χ2n) is 3.35. The molecule has 0 atom stereocenters. The lowest BCUT2D eigenvalue weighted by molar-refractivity contribution is 0.180. The Bertz CT molecular complexity index is 569. The molecule has 0 amide bonds. The van der Waals surface area contributed by atoms with Crippen LogP contribution in [0.15, 0.2) is 29.3 Å². The number of nitrogens with one attached hydrogen (secondary N) is 1. The average Bonchev–Trinajstić information content (AvgIpc) is 2.36. The van der Waals surface area contributed by atoms with Crippen LogP contribution in [0.3, 0.4) is 0 Å². The number of halogens is 1. The predicted molar refractivity (Wildman–Crippen MR) is 71.5 cm³/mol. The number of pyridine rings is 1. The lowest BCUT2D eigenvalue weighted by Crippen LogP contribution is -2.16. The molecule has 2 aromatic rings. The smallest absolute Gasteiger partial charge is 0.264 e. The summed E-state index contributed by atoms with van der Waals surface area (Å²) in [6.07, 6.45) is 3.33. The maximum absolute atomic E-state index is 11.7. The summed E-state index contributed by atoms with van der Waals surface area (Å²) in [5, 5.41) is 0. The normalized spacial score (nSPS) is 10.5. The number of rotatable bonds is 3. The molecule has 0 aliphatic heterocycles. The molecule has 6 heteroatoms. The quantitative estimate of drug-likeness (QED) is 0.860. The van der Waals surface area contributed by atoms with Crippen LogP contribution in [0.25, 0.3) is 11.4 Å². The highest BCUT2D eigenvalue weighted by Gasteiger charge is 2.09. The number of hydrogen-bond acceptors (Lipinski definition) is 4. The largest absolute Gasteiger partial charge is 0.378 e. The monoisotopic (exact) mass is 343 g/mol. The van der Waals surface area contributed by atoms with Crippen molar-refractivity contribution in [2.45, 2.75) is 6.61 Å². The molecule has 2 aromatic heterocycles. The molecule has 0 aliphatic rings. The standard InChI is InChI=1S/C11H10IN3O2/c1-17-6-8-9(12)11(16)15-10(14-8)7-3-2-4-13-5-7/h2-5H,6H2,1H3,(H,14,15,16). The van der Waals surface area contributed by atoms with Gasteiger partial charge in [0.2, 0.25) is 0 Å². The summed E-state index contributed by atoms with van der Waals surface area (Å²) in [6.45, 7) is 0.315. The van der Waals surface area contributed by atoms with Crippen molar-refractivity contribution < 1.29 is 4.74 Å². The summed E-state index contributed by atoms with van der Waals surface area (Å²) in [4.78, 5) is 22.8. The third kappa shape index (κ3) is 2.70. The molecule has 0 aliphatic carbocycles. The number of H-pyrrole nitrogens is 1. The Kier molecular flexibility index (Phi) is 3.85. The lowest BCUT2D eigenvalue weighted by Gasteiger charge is -2.05. The third-order valence-electron chi connectivity index (χ3n) is 2.15. The third-order valence-corrected chi connectivity index (χ3v) is 3.26. The van der Waals surface area contributed by atoms with E-state index in [1.807, 2.05) is 28.7 Å². The molecule has 2 heterocycles. The Balaban J connectivity index is 2.53. The van der Waals surface area contributed by atoms with Crippen molar-refractivity contribution in [2.24, 2.45) is 0 Å². The highest BCUT2D eigenvalue weighted by atomic mass is 127. The Hall–Kier alpha value is -1.28. The van der Waals surface area contributed by atoms with Crippen LogP contribution in [0, 0.1) is 3.57 Å². The number of hydrogen-bond donors (Lipinski definition) is 1. The van der Waals surface area contributed by atoms with Crippen molar-refractivity contribution in [3.8, 4) is 11.4 Å². The fraction of sp³-hybridized carbons (Fsp3) is 0.182. The van der Waals surface area contributed by atoms with E-state index in [-0.39, 0.29) is 5.56 Å². The number of ether oxygens (including phenoxy) is 1. The van der Waals surface area contributed by atoms with Crippen molar-refractivity contribution in [3.05, 3.63) is 44.1 Å². The van der Waals surface area contributed by atoms with E-state index >= 15 is 0 Å². The molecule has 2 rings (SSSR count). The maximum atomic E-state index is 11.7. The van der Waals surface area contributed by atoms with Crippen molar-refractivity contribution in [3.63, 3.8) is 0 Å². The molecule has 0 spiro atoms. The topological polar surface area (TPSA) is 67.9 Å². The van der Waals surface area contributed by atoms with Gasteiger partial charge in [0.05, 0.1) is 12.3 Å². The van der Waals surface area contributed by atoms with Gasteiger partial charge < -0.3 is 9.72 Å². The van der Waals surface area contributed by atoms with Gasteiger partial charge in [0.25, 0.3) is 5.56 Å². The minimum Gasteiger partial charge on any atom is -0.378 e. The Morgan fingerprint density at radius 1 is 1.53 bits per heavy atom. The van der Waals surface area contributed by atoms with E-state index in [2.05, 4.69) is 15.0 Å². The molecule has 0 unspecified atom stereocenters. The summed E-state index contributed by atoms with van der Waals surface area (Å²) in [5.41, 5.74) is 1.25. The first kappa shape index (κ1) is 12.2. The molecule has 0 saturated carbocycles. The second kappa shape index (κ2) is 5.37. The molecule has 5 nitrogen and oxygen atoms in total. The lowest BCUT2D eigenvalue weighted by atomic mass is 10.2. The fourth-order valence-electron chi connectivity index (χ4n) is 1.38. The van der Waals surface area contributed by atoms with E-state index in [4.69, 9.17) is 4.74 Å². The second-order valence-corrected chi connectivity index (χ2v) is 4.43. The molecule has 17 heavy (non-hydrogen) atoms. The van der Waals surface area contributed by atoms with Gasteiger partial charge in [-0.3, -0.25) is 9.78 Å². The maximum Gasteiger partial charge on any atom is 0.264 e.